The molecule has 0 bridgehead atoms. The summed E-state index contributed by atoms with van der Waals surface area (Å²) in [5.41, 5.74) is 5.96. The van der Waals surface area contributed by atoms with E-state index in [1.54, 1.807) is 0 Å². The number of benzene rings is 3. The second-order valence-corrected chi connectivity index (χ2v) is 7.67. The minimum atomic E-state index is -0.365. The van der Waals surface area contributed by atoms with Gasteiger partial charge in [-0.1, -0.05) is 78.9 Å². The van der Waals surface area contributed by atoms with Gasteiger partial charge in [0, 0.05) is 13.2 Å². The lowest BCUT2D eigenvalue weighted by molar-refractivity contribution is 0.139. The van der Waals surface area contributed by atoms with Gasteiger partial charge in [0.1, 0.15) is 6.61 Å². The molecule has 2 N–H and O–H groups in total. The molecule has 4 heteroatoms. The third-order valence-electron chi connectivity index (χ3n) is 5.24. The Morgan fingerprint density at radius 1 is 0.710 bits per heavy atom. The predicted octanol–water partition coefficient (Wildman–Crippen LogP) is 5.53. The van der Waals surface area contributed by atoms with Crippen molar-refractivity contribution in [3.05, 3.63) is 95.6 Å². The van der Waals surface area contributed by atoms with Crippen LogP contribution in [0.1, 0.15) is 36.0 Å². The number of nitrogens with one attached hydrogen (secondary N) is 1. The molecular weight excluding hydrogens is 386 g/mol. The quantitative estimate of drug-likeness (QED) is 0.404. The normalized spacial score (nSPS) is 10.6. The van der Waals surface area contributed by atoms with E-state index in [9.17, 15) is 4.79 Å². The van der Waals surface area contributed by atoms with Gasteiger partial charge in [0.25, 0.3) is 0 Å². The molecule has 0 spiro atoms. The summed E-state index contributed by atoms with van der Waals surface area (Å²) in [7, 11) is 0. The van der Waals surface area contributed by atoms with Gasteiger partial charge in [-0.3, -0.25) is 0 Å². The van der Waals surface area contributed by atoms with Crippen LogP contribution in [0.3, 0.4) is 0 Å². The van der Waals surface area contributed by atoms with Crippen LogP contribution in [0.2, 0.25) is 0 Å². The predicted molar refractivity (Wildman–Crippen MR) is 125 cm³/mol. The summed E-state index contributed by atoms with van der Waals surface area (Å²) < 4.78 is 5.21. The summed E-state index contributed by atoms with van der Waals surface area (Å²) in [5.74, 6) is 0. The molecule has 0 aliphatic rings. The van der Waals surface area contributed by atoms with E-state index in [0.717, 1.165) is 37.7 Å². The SMILES string of the molecule is O=C(NCCCCc1ccc(-c2ccc(CCCO)cc2)cc1)OCc1ccccc1. The Morgan fingerprint density at radius 3 is 1.87 bits per heavy atom. The maximum atomic E-state index is 11.8. The first-order valence-electron chi connectivity index (χ1n) is 11.0. The number of aliphatic hydroxyl groups is 1. The fourth-order valence-electron chi connectivity index (χ4n) is 3.43. The summed E-state index contributed by atoms with van der Waals surface area (Å²) in [6.45, 7) is 1.15. The largest absolute Gasteiger partial charge is 0.445 e. The lowest BCUT2D eigenvalue weighted by atomic mass is 10.00. The fraction of sp³-hybridized carbons (Fsp3) is 0.296. The third-order valence-corrected chi connectivity index (χ3v) is 5.24. The standard InChI is InChI=1S/C27H31NO3/c29-20-6-10-23-13-17-26(18-14-23)25-15-11-22(12-16-25)7-4-5-19-28-27(30)31-21-24-8-2-1-3-9-24/h1-3,8-9,11-18,29H,4-7,10,19-21H2,(H,28,30). The molecule has 0 saturated heterocycles. The van der Waals surface area contributed by atoms with Crippen LogP contribution in [0.5, 0.6) is 0 Å². The van der Waals surface area contributed by atoms with Crippen LogP contribution >= 0.6 is 0 Å². The molecule has 3 rings (SSSR count). The Bertz CT molecular complexity index is 905. The minimum Gasteiger partial charge on any atom is -0.445 e. The number of aryl methyl sites for hydroxylation is 2. The van der Waals surface area contributed by atoms with Gasteiger partial charge in [0.15, 0.2) is 0 Å². The molecule has 0 saturated carbocycles. The van der Waals surface area contributed by atoms with Crippen LogP contribution in [-0.4, -0.2) is 24.4 Å². The molecular formula is C27H31NO3. The van der Waals surface area contributed by atoms with Gasteiger partial charge in [-0.15, -0.1) is 0 Å². The Kier molecular flexibility index (Phi) is 9.14. The van der Waals surface area contributed by atoms with Gasteiger partial charge in [0.05, 0.1) is 0 Å². The van der Waals surface area contributed by atoms with Crippen molar-refractivity contribution in [2.24, 2.45) is 0 Å². The van der Waals surface area contributed by atoms with Gasteiger partial charge in [-0.05, 0) is 59.9 Å². The molecule has 1 amide bonds. The number of carbonyl (C=O) groups excluding carboxylic acids is 1. The van der Waals surface area contributed by atoms with Crippen LogP contribution in [0, 0.1) is 0 Å². The van der Waals surface area contributed by atoms with Crippen LogP contribution in [0.4, 0.5) is 4.79 Å². The van der Waals surface area contributed by atoms with E-state index in [0.29, 0.717) is 13.2 Å². The monoisotopic (exact) mass is 417 g/mol. The zero-order valence-electron chi connectivity index (χ0n) is 17.9. The van der Waals surface area contributed by atoms with E-state index in [4.69, 9.17) is 9.84 Å². The number of unbranched alkanes of at least 4 members (excludes halogenated alkanes) is 1. The van der Waals surface area contributed by atoms with Crippen molar-refractivity contribution in [2.75, 3.05) is 13.2 Å². The van der Waals surface area contributed by atoms with E-state index in [2.05, 4.69) is 53.8 Å². The first kappa shape index (κ1) is 22.6. The molecule has 0 aromatic heterocycles. The Balaban J connectivity index is 1.33. The van der Waals surface area contributed by atoms with Crippen molar-refractivity contribution in [2.45, 2.75) is 38.7 Å². The van der Waals surface area contributed by atoms with Crippen LogP contribution in [0.15, 0.2) is 78.9 Å². The first-order chi connectivity index (χ1) is 15.2. The van der Waals surface area contributed by atoms with Crippen molar-refractivity contribution in [3.63, 3.8) is 0 Å². The molecule has 0 atom stereocenters. The lowest BCUT2D eigenvalue weighted by Gasteiger charge is -2.08. The molecule has 162 valence electrons. The molecule has 0 aliphatic carbocycles. The highest BCUT2D eigenvalue weighted by atomic mass is 16.5. The Morgan fingerprint density at radius 2 is 1.29 bits per heavy atom. The second-order valence-electron chi connectivity index (χ2n) is 7.67. The number of hydrogen-bond acceptors (Lipinski definition) is 3. The van der Waals surface area contributed by atoms with Gasteiger partial charge >= 0.3 is 6.09 Å². The molecule has 4 nitrogen and oxygen atoms in total. The van der Waals surface area contributed by atoms with Gasteiger partial charge in [-0.2, -0.15) is 0 Å². The van der Waals surface area contributed by atoms with Crippen molar-refractivity contribution in [1.82, 2.24) is 5.32 Å². The van der Waals surface area contributed by atoms with E-state index >= 15 is 0 Å². The first-order valence-corrected chi connectivity index (χ1v) is 11.0. The molecule has 0 radical (unpaired) electrons. The van der Waals surface area contributed by atoms with E-state index in [1.165, 1.54) is 22.3 Å². The van der Waals surface area contributed by atoms with Gasteiger partial charge in [0.2, 0.25) is 0 Å². The summed E-state index contributed by atoms with van der Waals surface area (Å²) in [5, 5.41) is 11.8. The summed E-state index contributed by atoms with van der Waals surface area (Å²) in [6.07, 6.45) is 4.26. The lowest BCUT2D eigenvalue weighted by Crippen LogP contribution is -2.25. The van der Waals surface area contributed by atoms with E-state index in [-0.39, 0.29) is 12.7 Å². The number of alkyl carbamates (subject to hydrolysis) is 1. The third kappa shape index (κ3) is 7.91. The Labute approximate surface area is 184 Å². The highest BCUT2D eigenvalue weighted by Crippen LogP contribution is 2.21. The van der Waals surface area contributed by atoms with E-state index < -0.39 is 0 Å². The maximum Gasteiger partial charge on any atom is 0.407 e. The molecule has 0 heterocycles. The number of hydrogen-bond donors (Lipinski definition) is 2. The van der Waals surface area contributed by atoms with Crippen molar-refractivity contribution in [1.29, 1.82) is 0 Å². The van der Waals surface area contributed by atoms with Gasteiger partial charge in [-0.25, -0.2) is 4.79 Å². The van der Waals surface area contributed by atoms with Crippen molar-refractivity contribution in [3.8, 4) is 11.1 Å². The molecule has 3 aromatic carbocycles. The maximum absolute atomic E-state index is 11.8. The van der Waals surface area contributed by atoms with Crippen molar-refractivity contribution >= 4 is 6.09 Å². The van der Waals surface area contributed by atoms with Crippen LogP contribution in [0.25, 0.3) is 11.1 Å². The molecule has 0 aliphatic heterocycles. The fourth-order valence-corrected chi connectivity index (χ4v) is 3.43. The number of rotatable bonds is 11. The zero-order chi connectivity index (χ0) is 21.7. The summed E-state index contributed by atoms with van der Waals surface area (Å²) >= 11 is 0. The minimum absolute atomic E-state index is 0.234. The number of amides is 1. The van der Waals surface area contributed by atoms with Crippen molar-refractivity contribution < 1.29 is 14.6 Å². The average Bonchev–Trinajstić information content (AvgIpc) is 2.82. The van der Waals surface area contributed by atoms with Crippen LogP contribution in [-0.2, 0) is 24.2 Å². The number of aliphatic hydroxyl groups excluding tert-OH is 1. The van der Waals surface area contributed by atoms with E-state index in [1.807, 2.05) is 30.3 Å². The van der Waals surface area contributed by atoms with Gasteiger partial charge < -0.3 is 15.2 Å². The zero-order valence-corrected chi connectivity index (χ0v) is 17.9. The molecule has 31 heavy (non-hydrogen) atoms. The highest BCUT2D eigenvalue weighted by molar-refractivity contribution is 5.67. The average molecular weight is 418 g/mol. The number of carbonyl (C=O) groups is 1. The summed E-state index contributed by atoms with van der Waals surface area (Å²) in [6, 6.07) is 26.9. The Hall–Kier alpha value is -3.11. The molecule has 0 fully saturated rings. The number of ether oxygens (including phenoxy) is 1. The smallest absolute Gasteiger partial charge is 0.407 e. The highest BCUT2D eigenvalue weighted by Gasteiger charge is 2.03. The van der Waals surface area contributed by atoms with Crippen LogP contribution < -0.4 is 5.32 Å². The summed E-state index contributed by atoms with van der Waals surface area (Å²) in [4.78, 5) is 11.8. The molecule has 0 unspecified atom stereocenters. The molecule has 3 aromatic rings. The topological polar surface area (TPSA) is 58.6 Å². The second kappa shape index (κ2) is 12.6.